The molecule has 16 heavy (non-hydrogen) atoms. The molecule has 2 aromatic heterocycles. The van der Waals surface area contributed by atoms with E-state index < -0.39 is 0 Å². The van der Waals surface area contributed by atoms with Crippen LogP contribution in [0.3, 0.4) is 0 Å². The number of pyridine rings is 1. The van der Waals surface area contributed by atoms with E-state index in [2.05, 4.69) is 9.97 Å². The minimum absolute atomic E-state index is 0.0427. The molecule has 0 aliphatic rings. The summed E-state index contributed by atoms with van der Waals surface area (Å²) in [5.41, 5.74) is 8.46. The highest BCUT2D eigenvalue weighted by molar-refractivity contribution is 5.74. The second-order valence-corrected chi connectivity index (χ2v) is 4.77. The number of aromatic amines is 1. The van der Waals surface area contributed by atoms with Crippen molar-refractivity contribution in [3.8, 4) is 0 Å². The lowest BCUT2D eigenvalue weighted by Crippen LogP contribution is -2.33. The molecule has 0 aliphatic carbocycles. The van der Waals surface area contributed by atoms with Crippen molar-refractivity contribution in [2.75, 3.05) is 6.61 Å². The average molecular weight is 219 g/mol. The third-order valence-electron chi connectivity index (χ3n) is 2.99. The van der Waals surface area contributed by atoms with Gasteiger partial charge in [-0.3, -0.25) is 0 Å². The Morgan fingerprint density at radius 1 is 1.44 bits per heavy atom. The van der Waals surface area contributed by atoms with Crippen LogP contribution in [-0.2, 0) is 0 Å². The minimum Gasteiger partial charge on any atom is -0.396 e. The van der Waals surface area contributed by atoms with Crippen LogP contribution in [0.15, 0.2) is 24.4 Å². The monoisotopic (exact) mass is 219 g/mol. The van der Waals surface area contributed by atoms with Crippen molar-refractivity contribution in [2.45, 2.75) is 19.9 Å². The molecule has 0 bridgehead atoms. The first kappa shape index (κ1) is 11.1. The van der Waals surface area contributed by atoms with Crippen LogP contribution in [0.4, 0.5) is 0 Å². The van der Waals surface area contributed by atoms with Gasteiger partial charge in [0.2, 0.25) is 0 Å². The van der Waals surface area contributed by atoms with Gasteiger partial charge < -0.3 is 15.8 Å². The number of hydrogen-bond donors (Lipinski definition) is 3. The molecule has 0 fully saturated rings. The number of fused-ring (bicyclic) bond motifs is 1. The molecule has 0 saturated carbocycles. The largest absolute Gasteiger partial charge is 0.396 e. The SMILES string of the molecule is CC(C)(CO)C(N)c1ccc2[nH]ccc2n1. The Hall–Kier alpha value is -1.39. The van der Waals surface area contributed by atoms with Crippen LogP contribution >= 0.6 is 0 Å². The molecule has 2 rings (SSSR count). The number of H-pyrrole nitrogens is 1. The van der Waals surface area contributed by atoms with Gasteiger partial charge in [0, 0.05) is 11.6 Å². The zero-order valence-electron chi connectivity index (χ0n) is 9.57. The summed E-state index contributed by atoms with van der Waals surface area (Å²) in [4.78, 5) is 7.57. The van der Waals surface area contributed by atoms with Crippen molar-refractivity contribution < 1.29 is 5.11 Å². The van der Waals surface area contributed by atoms with Crippen molar-refractivity contribution in [3.63, 3.8) is 0 Å². The van der Waals surface area contributed by atoms with Crippen molar-refractivity contribution in [1.82, 2.24) is 9.97 Å². The Labute approximate surface area is 94.5 Å². The van der Waals surface area contributed by atoms with Crippen molar-refractivity contribution in [2.24, 2.45) is 11.1 Å². The Kier molecular flexibility index (Phi) is 2.69. The molecule has 0 radical (unpaired) electrons. The van der Waals surface area contributed by atoms with Gasteiger partial charge in [0.25, 0.3) is 0 Å². The number of aromatic nitrogens is 2. The molecule has 0 spiro atoms. The fourth-order valence-corrected chi connectivity index (χ4v) is 1.62. The predicted octanol–water partition coefficient (Wildman–Crippen LogP) is 1.58. The molecular formula is C12H17N3O. The highest BCUT2D eigenvalue weighted by Crippen LogP contribution is 2.30. The van der Waals surface area contributed by atoms with Gasteiger partial charge in [0.1, 0.15) is 0 Å². The van der Waals surface area contributed by atoms with Crippen LogP contribution in [0.1, 0.15) is 25.6 Å². The lowest BCUT2D eigenvalue weighted by molar-refractivity contribution is 0.131. The van der Waals surface area contributed by atoms with Crippen molar-refractivity contribution in [3.05, 3.63) is 30.1 Å². The highest BCUT2D eigenvalue weighted by atomic mass is 16.3. The highest BCUT2D eigenvalue weighted by Gasteiger charge is 2.28. The second-order valence-electron chi connectivity index (χ2n) is 4.77. The van der Waals surface area contributed by atoms with Crippen LogP contribution in [0, 0.1) is 5.41 Å². The maximum atomic E-state index is 9.29. The van der Waals surface area contributed by atoms with Gasteiger partial charge >= 0.3 is 0 Å². The molecular weight excluding hydrogens is 202 g/mol. The summed E-state index contributed by atoms with van der Waals surface area (Å²) in [6.07, 6.45) is 1.85. The third kappa shape index (κ3) is 1.81. The topological polar surface area (TPSA) is 74.9 Å². The molecule has 1 unspecified atom stereocenters. The lowest BCUT2D eigenvalue weighted by Gasteiger charge is -2.28. The van der Waals surface area contributed by atoms with Crippen LogP contribution < -0.4 is 5.73 Å². The number of hydrogen-bond acceptors (Lipinski definition) is 3. The van der Waals surface area contributed by atoms with E-state index in [9.17, 15) is 5.11 Å². The van der Waals surface area contributed by atoms with Gasteiger partial charge in [-0.2, -0.15) is 0 Å². The first-order valence-corrected chi connectivity index (χ1v) is 5.35. The molecule has 0 amide bonds. The van der Waals surface area contributed by atoms with E-state index in [0.717, 1.165) is 16.7 Å². The third-order valence-corrected chi connectivity index (χ3v) is 2.99. The number of nitrogens with one attached hydrogen (secondary N) is 1. The Balaban J connectivity index is 2.39. The van der Waals surface area contributed by atoms with E-state index in [1.165, 1.54) is 0 Å². The Bertz CT molecular complexity index is 490. The molecule has 0 aromatic carbocycles. The zero-order valence-corrected chi connectivity index (χ0v) is 9.57. The smallest absolute Gasteiger partial charge is 0.0882 e. The van der Waals surface area contributed by atoms with Crippen LogP contribution in [0.2, 0.25) is 0 Å². The van der Waals surface area contributed by atoms with Gasteiger partial charge in [-0.1, -0.05) is 13.8 Å². The van der Waals surface area contributed by atoms with E-state index in [-0.39, 0.29) is 18.1 Å². The summed E-state index contributed by atoms with van der Waals surface area (Å²) in [5.74, 6) is 0. The fourth-order valence-electron chi connectivity index (χ4n) is 1.62. The molecule has 0 saturated heterocycles. The molecule has 2 aromatic rings. The van der Waals surface area contributed by atoms with Gasteiger partial charge in [-0.05, 0) is 18.2 Å². The maximum absolute atomic E-state index is 9.29. The number of nitrogens with two attached hydrogens (primary N) is 1. The molecule has 4 heteroatoms. The second kappa shape index (κ2) is 3.88. The van der Waals surface area contributed by atoms with Crippen LogP contribution in [0.25, 0.3) is 11.0 Å². The summed E-state index contributed by atoms with van der Waals surface area (Å²) in [7, 11) is 0. The minimum atomic E-state index is -0.364. The number of rotatable bonds is 3. The first-order chi connectivity index (χ1) is 7.54. The molecule has 2 heterocycles. The van der Waals surface area contributed by atoms with Crippen LogP contribution in [0.5, 0.6) is 0 Å². The first-order valence-electron chi connectivity index (χ1n) is 5.35. The van der Waals surface area contributed by atoms with Crippen LogP contribution in [-0.4, -0.2) is 21.7 Å². The van der Waals surface area contributed by atoms with Gasteiger partial charge in [0.05, 0.1) is 29.4 Å². The quantitative estimate of drug-likeness (QED) is 0.733. The predicted molar refractivity (Wildman–Crippen MR) is 63.9 cm³/mol. The molecule has 86 valence electrons. The Morgan fingerprint density at radius 3 is 2.88 bits per heavy atom. The van der Waals surface area contributed by atoms with Gasteiger partial charge in [-0.15, -0.1) is 0 Å². The standard InChI is InChI=1S/C12H17N3O/c1-12(2,7-16)11(13)10-4-3-8-9(15-10)5-6-14-8/h3-6,11,14,16H,7,13H2,1-2H3. The Morgan fingerprint density at radius 2 is 2.19 bits per heavy atom. The number of aliphatic hydroxyl groups excluding tert-OH is 1. The normalized spacial score (nSPS) is 14.2. The summed E-state index contributed by atoms with van der Waals surface area (Å²) >= 11 is 0. The summed E-state index contributed by atoms with van der Waals surface area (Å²) in [5, 5.41) is 9.29. The van der Waals surface area contributed by atoms with Gasteiger partial charge in [0.15, 0.2) is 0 Å². The van der Waals surface area contributed by atoms with Gasteiger partial charge in [-0.25, -0.2) is 4.98 Å². The van der Waals surface area contributed by atoms with E-state index in [4.69, 9.17) is 5.73 Å². The average Bonchev–Trinajstić information content (AvgIpc) is 2.74. The van der Waals surface area contributed by atoms with E-state index in [0.29, 0.717) is 0 Å². The fraction of sp³-hybridized carbons (Fsp3) is 0.417. The number of aliphatic hydroxyl groups is 1. The van der Waals surface area contributed by atoms with Crippen molar-refractivity contribution in [1.29, 1.82) is 0 Å². The molecule has 4 N–H and O–H groups in total. The van der Waals surface area contributed by atoms with E-state index >= 15 is 0 Å². The zero-order chi connectivity index (χ0) is 11.8. The number of nitrogens with zero attached hydrogens (tertiary/aromatic N) is 1. The molecule has 0 aliphatic heterocycles. The van der Waals surface area contributed by atoms with Crippen molar-refractivity contribution >= 4 is 11.0 Å². The summed E-state index contributed by atoms with van der Waals surface area (Å²) < 4.78 is 0. The maximum Gasteiger partial charge on any atom is 0.0882 e. The molecule has 4 nitrogen and oxygen atoms in total. The summed E-state index contributed by atoms with van der Waals surface area (Å²) in [6, 6.07) is 5.51. The van der Waals surface area contributed by atoms with E-state index in [1.807, 2.05) is 38.2 Å². The lowest BCUT2D eigenvalue weighted by atomic mass is 9.84. The summed E-state index contributed by atoms with van der Waals surface area (Å²) in [6.45, 7) is 3.91. The molecule has 1 atom stereocenters. The van der Waals surface area contributed by atoms with E-state index in [1.54, 1.807) is 0 Å².